The number of aromatic nitrogens is 1. The van der Waals surface area contributed by atoms with Crippen molar-refractivity contribution in [2.45, 2.75) is 18.1 Å². The number of anilines is 1. The lowest BCUT2D eigenvalue weighted by molar-refractivity contribution is 0.102. The van der Waals surface area contributed by atoms with E-state index in [1.54, 1.807) is 24.3 Å². The van der Waals surface area contributed by atoms with E-state index in [0.717, 1.165) is 0 Å². The number of pyridine rings is 1. The van der Waals surface area contributed by atoms with Crippen molar-refractivity contribution in [2.75, 3.05) is 12.0 Å². The molecule has 0 spiro atoms. The van der Waals surface area contributed by atoms with Crippen LogP contribution in [0.2, 0.25) is 10.0 Å². The van der Waals surface area contributed by atoms with Crippen LogP contribution in [0.25, 0.3) is 0 Å². The Labute approximate surface area is 164 Å². The minimum atomic E-state index is -1.21. The van der Waals surface area contributed by atoms with E-state index in [1.807, 2.05) is 0 Å². The highest BCUT2D eigenvalue weighted by molar-refractivity contribution is 6.31. The number of alkyl halides is 1. The number of fused-ring (bicyclic) bond motifs is 1. The monoisotopic (exact) mass is 408 g/mol. The molecule has 1 saturated carbocycles. The minimum absolute atomic E-state index is 0.0535. The van der Waals surface area contributed by atoms with Crippen molar-refractivity contribution in [1.29, 1.82) is 0 Å². The van der Waals surface area contributed by atoms with Crippen LogP contribution in [0.4, 0.5) is 10.1 Å². The van der Waals surface area contributed by atoms with Crippen molar-refractivity contribution in [3.63, 3.8) is 0 Å². The Morgan fingerprint density at radius 1 is 1.37 bits per heavy atom. The number of amidine groups is 1. The molecule has 4 rings (SSSR count). The van der Waals surface area contributed by atoms with Gasteiger partial charge in [-0.25, -0.2) is 14.4 Å². The first-order valence-corrected chi connectivity index (χ1v) is 8.99. The molecule has 3 N–H and O–H groups in total. The predicted octanol–water partition coefficient (Wildman–Crippen LogP) is 3.54. The number of halogens is 3. The summed E-state index contributed by atoms with van der Waals surface area (Å²) in [6, 6.07) is 7.87. The van der Waals surface area contributed by atoms with Gasteiger partial charge in [-0.2, -0.15) is 0 Å². The first-order chi connectivity index (χ1) is 12.9. The summed E-state index contributed by atoms with van der Waals surface area (Å²) in [6.07, 6.45) is 1.87. The smallest absolute Gasteiger partial charge is 0.283 e. The van der Waals surface area contributed by atoms with Crippen molar-refractivity contribution in [3.05, 3.63) is 57.8 Å². The molecule has 1 fully saturated rings. The first kappa shape index (κ1) is 18.0. The van der Waals surface area contributed by atoms with Gasteiger partial charge in [0.2, 0.25) is 0 Å². The number of nitrogens with two attached hydrogens (primary N) is 1. The molecule has 2 aliphatic rings. The first-order valence-electron chi connectivity index (χ1n) is 8.24. The Morgan fingerprint density at radius 2 is 2.19 bits per heavy atom. The van der Waals surface area contributed by atoms with E-state index >= 15 is 0 Å². The average molecular weight is 409 g/mol. The van der Waals surface area contributed by atoms with Gasteiger partial charge in [0.25, 0.3) is 11.9 Å². The topological polar surface area (TPSA) is 89.6 Å². The molecule has 140 valence electrons. The van der Waals surface area contributed by atoms with Gasteiger partial charge in [-0.15, -0.1) is 0 Å². The molecule has 6 nitrogen and oxygen atoms in total. The second-order valence-electron chi connectivity index (χ2n) is 6.52. The van der Waals surface area contributed by atoms with Crippen LogP contribution < -0.4 is 11.1 Å². The number of carbonyl (C=O) groups is 1. The predicted molar refractivity (Wildman–Crippen MR) is 101 cm³/mol. The molecule has 1 aliphatic heterocycles. The lowest BCUT2D eigenvalue weighted by atomic mass is 9.85. The van der Waals surface area contributed by atoms with Crippen molar-refractivity contribution >= 4 is 40.8 Å². The summed E-state index contributed by atoms with van der Waals surface area (Å²) < 4.78 is 19.5. The van der Waals surface area contributed by atoms with E-state index in [9.17, 15) is 9.18 Å². The van der Waals surface area contributed by atoms with Gasteiger partial charge in [-0.1, -0.05) is 23.2 Å². The molecule has 0 unspecified atom stereocenters. The fraction of sp³-hybridized carbons (Fsp3) is 0.278. The molecule has 0 bridgehead atoms. The number of hydrogen-bond donors (Lipinski definition) is 2. The molecule has 1 amide bonds. The van der Waals surface area contributed by atoms with Crippen LogP contribution in [-0.4, -0.2) is 29.7 Å². The zero-order chi connectivity index (χ0) is 19.2. The van der Waals surface area contributed by atoms with Crippen LogP contribution in [0.15, 0.2) is 41.5 Å². The number of benzene rings is 1. The van der Waals surface area contributed by atoms with E-state index in [1.165, 1.54) is 12.3 Å². The summed E-state index contributed by atoms with van der Waals surface area (Å²) in [7, 11) is 0. The number of amides is 1. The molecule has 3 atom stereocenters. The van der Waals surface area contributed by atoms with Crippen molar-refractivity contribution in [1.82, 2.24) is 4.98 Å². The summed E-state index contributed by atoms with van der Waals surface area (Å²) in [6.45, 7) is -0.770. The summed E-state index contributed by atoms with van der Waals surface area (Å²) >= 11 is 12.1. The van der Waals surface area contributed by atoms with Gasteiger partial charge in [0, 0.05) is 28.4 Å². The van der Waals surface area contributed by atoms with E-state index in [0.29, 0.717) is 27.7 Å². The molecule has 0 saturated heterocycles. The molecule has 1 aliphatic carbocycles. The Bertz CT molecular complexity index is 937. The highest BCUT2D eigenvalue weighted by atomic mass is 35.5. The van der Waals surface area contributed by atoms with Crippen LogP contribution in [0, 0.1) is 5.92 Å². The molecule has 27 heavy (non-hydrogen) atoms. The standard InChI is InChI=1S/C18H15Cl2FN4O2/c19-9-1-4-14(23-7-9)16(26)24-10-2-3-13(20)11(5-10)18(8-21)12-6-15(12)27-17(22)25-18/h1-5,7,12,15H,6,8H2,(H2,22,25)(H,24,26)/t12-,15-,18+/m1/s1. The van der Waals surface area contributed by atoms with E-state index < -0.39 is 18.1 Å². The summed E-state index contributed by atoms with van der Waals surface area (Å²) in [5.74, 6) is -0.565. The van der Waals surface area contributed by atoms with Crippen LogP contribution in [0.1, 0.15) is 22.5 Å². The molecule has 1 aromatic carbocycles. The minimum Gasteiger partial charge on any atom is -0.462 e. The van der Waals surface area contributed by atoms with Crippen LogP contribution >= 0.6 is 23.2 Å². The third-order valence-corrected chi connectivity index (χ3v) is 5.33. The Kier molecular flexibility index (Phi) is 4.44. The zero-order valence-electron chi connectivity index (χ0n) is 14.0. The highest BCUT2D eigenvalue weighted by Gasteiger charge is 2.59. The maximum atomic E-state index is 14.2. The Balaban J connectivity index is 1.66. The lowest BCUT2D eigenvalue weighted by Gasteiger charge is -2.32. The number of ether oxygens (including phenoxy) is 1. The molecular weight excluding hydrogens is 394 g/mol. The number of aliphatic imine (C=N–C) groups is 1. The van der Waals surface area contributed by atoms with Crippen molar-refractivity contribution in [3.8, 4) is 0 Å². The summed E-state index contributed by atoms with van der Waals surface area (Å²) in [5, 5.41) is 3.51. The van der Waals surface area contributed by atoms with E-state index in [4.69, 9.17) is 33.7 Å². The van der Waals surface area contributed by atoms with Gasteiger partial charge in [-0.3, -0.25) is 4.79 Å². The second kappa shape index (κ2) is 6.65. The van der Waals surface area contributed by atoms with Crippen LogP contribution in [0.5, 0.6) is 0 Å². The fourth-order valence-electron chi connectivity index (χ4n) is 3.37. The van der Waals surface area contributed by atoms with Crippen molar-refractivity contribution < 1.29 is 13.9 Å². The zero-order valence-corrected chi connectivity index (χ0v) is 15.5. The molecule has 0 radical (unpaired) electrons. The van der Waals surface area contributed by atoms with E-state index in [-0.39, 0.29) is 23.7 Å². The maximum Gasteiger partial charge on any atom is 0.283 e. The van der Waals surface area contributed by atoms with Crippen molar-refractivity contribution in [2.24, 2.45) is 16.6 Å². The Hall–Kier alpha value is -2.38. The number of rotatable bonds is 4. The quantitative estimate of drug-likeness (QED) is 0.809. The van der Waals surface area contributed by atoms with Gasteiger partial charge in [0.15, 0.2) is 0 Å². The molecule has 1 aromatic heterocycles. The summed E-state index contributed by atoms with van der Waals surface area (Å²) in [5.41, 5.74) is 5.63. The third-order valence-electron chi connectivity index (χ3n) is 4.78. The second-order valence-corrected chi connectivity index (χ2v) is 7.36. The molecule has 2 heterocycles. The molecular formula is C18H15Cl2FN4O2. The van der Waals surface area contributed by atoms with Gasteiger partial charge in [0.05, 0.1) is 5.02 Å². The lowest BCUT2D eigenvalue weighted by Crippen LogP contribution is -2.39. The van der Waals surface area contributed by atoms with Gasteiger partial charge in [-0.05, 0) is 36.8 Å². The number of nitrogens with one attached hydrogen (secondary N) is 1. The molecule has 2 aromatic rings. The average Bonchev–Trinajstić information content (AvgIpc) is 3.43. The molecule has 9 heteroatoms. The van der Waals surface area contributed by atoms with Crippen LogP contribution in [0.3, 0.4) is 0 Å². The van der Waals surface area contributed by atoms with E-state index in [2.05, 4.69) is 15.3 Å². The Morgan fingerprint density at radius 3 is 2.89 bits per heavy atom. The van der Waals surface area contributed by atoms with Gasteiger partial charge < -0.3 is 15.8 Å². The fourth-order valence-corrected chi connectivity index (χ4v) is 3.76. The summed E-state index contributed by atoms with van der Waals surface area (Å²) in [4.78, 5) is 20.6. The van der Waals surface area contributed by atoms with Gasteiger partial charge >= 0.3 is 0 Å². The van der Waals surface area contributed by atoms with Gasteiger partial charge in [0.1, 0.15) is 24.0 Å². The SMILES string of the molecule is NC1=N[C@@](CF)(c2cc(NC(=O)c3ccc(Cl)cn3)ccc2Cl)[C@@H]2C[C@H]2O1. The number of nitrogens with zero attached hydrogens (tertiary/aromatic N) is 2. The third kappa shape index (κ3) is 3.21. The highest BCUT2D eigenvalue weighted by Crippen LogP contribution is 2.54. The normalized spacial score (nSPS) is 25.8. The number of carbonyl (C=O) groups excluding carboxylic acids is 1. The van der Waals surface area contributed by atoms with Crippen LogP contribution in [-0.2, 0) is 10.3 Å². The maximum absolute atomic E-state index is 14.2. The number of hydrogen-bond acceptors (Lipinski definition) is 5. The largest absolute Gasteiger partial charge is 0.462 e.